The summed E-state index contributed by atoms with van der Waals surface area (Å²) in [5, 5.41) is 7.78. The van der Waals surface area contributed by atoms with Crippen LogP contribution in [0.4, 0.5) is 9.93 Å². The van der Waals surface area contributed by atoms with Gasteiger partial charge < -0.3 is 10.3 Å². The molecule has 0 aliphatic heterocycles. The molecule has 0 saturated carbocycles. The fraction of sp³-hybridized carbons (Fsp3) is 0.143. The Hall–Kier alpha value is -2.05. The predicted octanol–water partition coefficient (Wildman–Crippen LogP) is 3.91. The van der Waals surface area contributed by atoms with Gasteiger partial charge in [0.05, 0.1) is 10.5 Å². The summed E-state index contributed by atoms with van der Waals surface area (Å²) in [5.74, 6) is 0. The lowest BCUT2D eigenvalue weighted by Crippen LogP contribution is -2.27. The van der Waals surface area contributed by atoms with Crippen LogP contribution in [0, 0.1) is 6.92 Å². The zero-order valence-corrected chi connectivity index (χ0v) is 12.8. The summed E-state index contributed by atoms with van der Waals surface area (Å²) in [7, 11) is 0. The Labute approximate surface area is 130 Å². The number of thiazole rings is 1. The summed E-state index contributed by atoms with van der Waals surface area (Å²) in [4.78, 5) is 20.1. The number of nitrogens with one attached hydrogen (secondary N) is 3. The van der Waals surface area contributed by atoms with Gasteiger partial charge in [0, 0.05) is 29.2 Å². The first-order valence-electron chi connectivity index (χ1n) is 6.35. The highest BCUT2D eigenvalue weighted by molar-refractivity contribution is 7.15. The van der Waals surface area contributed by atoms with Gasteiger partial charge in [-0.3, -0.25) is 5.32 Å². The van der Waals surface area contributed by atoms with E-state index in [1.165, 1.54) is 11.3 Å². The predicted molar refractivity (Wildman–Crippen MR) is 86.0 cm³/mol. The van der Waals surface area contributed by atoms with E-state index in [0.717, 1.165) is 21.3 Å². The molecule has 2 heterocycles. The summed E-state index contributed by atoms with van der Waals surface area (Å²) in [5.41, 5.74) is 1.87. The van der Waals surface area contributed by atoms with E-state index in [1.807, 2.05) is 31.3 Å². The Morgan fingerprint density at radius 3 is 3.10 bits per heavy atom. The van der Waals surface area contributed by atoms with Crippen LogP contribution in [0.2, 0.25) is 5.02 Å². The second kappa shape index (κ2) is 5.75. The lowest BCUT2D eigenvalue weighted by atomic mass is 10.2. The molecule has 0 fully saturated rings. The number of fused-ring (bicyclic) bond motifs is 1. The van der Waals surface area contributed by atoms with Crippen LogP contribution in [-0.4, -0.2) is 16.0 Å². The molecule has 1 aromatic carbocycles. The fourth-order valence-electron chi connectivity index (χ4n) is 2.05. The van der Waals surface area contributed by atoms with Crippen molar-refractivity contribution in [3.05, 3.63) is 46.1 Å². The van der Waals surface area contributed by atoms with Gasteiger partial charge in [0.25, 0.3) is 0 Å². The highest BCUT2D eigenvalue weighted by Crippen LogP contribution is 2.25. The molecule has 5 nitrogen and oxygen atoms in total. The standard InChI is InChI=1S/C14H13ClN4OS/c1-8-5-18-14(21-8)19-13(20)17-7-9-6-16-12-10(9)3-2-4-11(12)15/h2-6,16H,7H2,1H3,(H2,17,18,19,20). The van der Waals surface area contributed by atoms with Crippen LogP contribution in [0.15, 0.2) is 30.6 Å². The van der Waals surface area contributed by atoms with E-state index in [4.69, 9.17) is 11.6 Å². The maximum atomic E-state index is 11.8. The van der Waals surface area contributed by atoms with Gasteiger partial charge in [-0.25, -0.2) is 9.78 Å². The van der Waals surface area contributed by atoms with Crippen molar-refractivity contribution in [3.8, 4) is 0 Å². The molecule has 21 heavy (non-hydrogen) atoms. The molecule has 2 amide bonds. The number of aromatic amines is 1. The number of anilines is 1. The van der Waals surface area contributed by atoms with Crippen molar-refractivity contribution in [1.29, 1.82) is 0 Å². The van der Waals surface area contributed by atoms with Gasteiger partial charge >= 0.3 is 6.03 Å². The maximum Gasteiger partial charge on any atom is 0.321 e. The van der Waals surface area contributed by atoms with Gasteiger partial charge in [-0.2, -0.15) is 0 Å². The minimum Gasteiger partial charge on any atom is -0.360 e. The zero-order chi connectivity index (χ0) is 14.8. The molecule has 3 N–H and O–H groups in total. The average Bonchev–Trinajstić information content (AvgIpc) is 3.04. The molecular weight excluding hydrogens is 308 g/mol. The third kappa shape index (κ3) is 3.01. The molecule has 0 spiro atoms. The van der Waals surface area contributed by atoms with Crippen LogP contribution < -0.4 is 10.6 Å². The van der Waals surface area contributed by atoms with E-state index in [0.29, 0.717) is 16.7 Å². The Balaban J connectivity index is 1.66. The number of H-pyrrole nitrogens is 1. The van der Waals surface area contributed by atoms with Crippen molar-refractivity contribution in [2.45, 2.75) is 13.5 Å². The number of aryl methyl sites for hydroxylation is 1. The maximum absolute atomic E-state index is 11.8. The second-order valence-electron chi connectivity index (χ2n) is 4.56. The number of hydrogen-bond donors (Lipinski definition) is 3. The topological polar surface area (TPSA) is 69.8 Å². The van der Waals surface area contributed by atoms with E-state index in [9.17, 15) is 4.79 Å². The number of aromatic nitrogens is 2. The molecular formula is C14H13ClN4OS. The number of benzene rings is 1. The number of carbonyl (C=O) groups is 1. The molecule has 0 radical (unpaired) electrons. The first kappa shape index (κ1) is 13.9. The number of carbonyl (C=O) groups excluding carboxylic acids is 1. The van der Waals surface area contributed by atoms with E-state index in [-0.39, 0.29) is 6.03 Å². The Kier molecular flexibility index (Phi) is 3.81. The number of amides is 2. The summed E-state index contributed by atoms with van der Waals surface area (Å²) in [6.07, 6.45) is 3.58. The quantitative estimate of drug-likeness (QED) is 0.684. The van der Waals surface area contributed by atoms with Crippen molar-refractivity contribution in [3.63, 3.8) is 0 Å². The smallest absolute Gasteiger partial charge is 0.321 e. The number of para-hydroxylation sites is 1. The fourth-order valence-corrected chi connectivity index (χ4v) is 2.94. The number of urea groups is 1. The van der Waals surface area contributed by atoms with Gasteiger partial charge in [-0.15, -0.1) is 11.3 Å². The van der Waals surface area contributed by atoms with Crippen LogP contribution in [0.3, 0.4) is 0 Å². The van der Waals surface area contributed by atoms with Crippen molar-refractivity contribution in [2.75, 3.05) is 5.32 Å². The van der Waals surface area contributed by atoms with Crippen LogP contribution in [0.1, 0.15) is 10.4 Å². The van der Waals surface area contributed by atoms with Crippen molar-refractivity contribution in [1.82, 2.24) is 15.3 Å². The van der Waals surface area contributed by atoms with Gasteiger partial charge in [0.2, 0.25) is 0 Å². The zero-order valence-electron chi connectivity index (χ0n) is 11.2. The summed E-state index contributed by atoms with van der Waals surface area (Å²) in [6, 6.07) is 5.41. The molecule has 0 unspecified atom stereocenters. The van der Waals surface area contributed by atoms with Crippen LogP contribution in [0.25, 0.3) is 10.9 Å². The van der Waals surface area contributed by atoms with E-state index >= 15 is 0 Å². The third-order valence-corrected chi connectivity index (χ3v) is 4.17. The number of nitrogens with zero attached hydrogens (tertiary/aromatic N) is 1. The first-order valence-corrected chi connectivity index (χ1v) is 7.54. The highest BCUT2D eigenvalue weighted by atomic mass is 35.5. The SMILES string of the molecule is Cc1cnc(NC(=O)NCc2c[nH]c3c(Cl)cccc23)s1. The lowest BCUT2D eigenvalue weighted by molar-refractivity contribution is 0.252. The van der Waals surface area contributed by atoms with Crippen LogP contribution >= 0.6 is 22.9 Å². The molecule has 2 aromatic heterocycles. The molecule has 7 heteroatoms. The average molecular weight is 321 g/mol. The van der Waals surface area contributed by atoms with Crippen LogP contribution in [-0.2, 0) is 6.54 Å². The molecule has 3 aromatic rings. The minimum atomic E-state index is -0.277. The van der Waals surface area contributed by atoms with Crippen molar-refractivity contribution < 1.29 is 4.79 Å². The monoisotopic (exact) mass is 320 g/mol. The molecule has 0 bridgehead atoms. The first-order chi connectivity index (χ1) is 10.1. The highest BCUT2D eigenvalue weighted by Gasteiger charge is 2.08. The van der Waals surface area contributed by atoms with E-state index in [1.54, 1.807) is 6.20 Å². The van der Waals surface area contributed by atoms with E-state index < -0.39 is 0 Å². The normalized spacial score (nSPS) is 10.8. The molecule has 0 aliphatic rings. The van der Waals surface area contributed by atoms with Gasteiger partial charge in [-0.1, -0.05) is 23.7 Å². The number of rotatable bonds is 3. The molecule has 3 rings (SSSR count). The lowest BCUT2D eigenvalue weighted by Gasteiger charge is -2.04. The molecule has 0 atom stereocenters. The third-order valence-electron chi connectivity index (χ3n) is 3.03. The molecule has 108 valence electrons. The Bertz CT molecular complexity index is 795. The minimum absolute atomic E-state index is 0.277. The summed E-state index contributed by atoms with van der Waals surface area (Å²) in [6.45, 7) is 2.35. The Morgan fingerprint density at radius 1 is 1.48 bits per heavy atom. The molecule has 0 saturated heterocycles. The number of hydrogen-bond acceptors (Lipinski definition) is 3. The second-order valence-corrected chi connectivity index (χ2v) is 6.20. The van der Waals surface area contributed by atoms with Gasteiger partial charge in [-0.05, 0) is 18.6 Å². The Morgan fingerprint density at radius 2 is 2.33 bits per heavy atom. The summed E-state index contributed by atoms with van der Waals surface area (Å²) >= 11 is 7.54. The summed E-state index contributed by atoms with van der Waals surface area (Å²) < 4.78 is 0. The van der Waals surface area contributed by atoms with Gasteiger partial charge in [0.1, 0.15) is 0 Å². The van der Waals surface area contributed by atoms with Gasteiger partial charge in [0.15, 0.2) is 5.13 Å². The van der Waals surface area contributed by atoms with Crippen molar-refractivity contribution in [2.24, 2.45) is 0 Å². The van der Waals surface area contributed by atoms with E-state index in [2.05, 4.69) is 20.6 Å². The van der Waals surface area contributed by atoms with Crippen molar-refractivity contribution >= 4 is 45.0 Å². The molecule has 0 aliphatic carbocycles. The largest absolute Gasteiger partial charge is 0.360 e. The van der Waals surface area contributed by atoms with Crippen LogP contribution in [0.5, 0.6) is 0 Å². The number of halogens is 1.